The lowest BCUT2D eigenvalue weighted by Crippen LogP contribution is -2.51. The van der Waals surface area contributed by atoms with E-state index < -0.39 is 18.0 Å². The highest BCUT2D eigenvalue weighted by molar-refractivity contribution is 6.05. The lowest BCUT2D eigenvalue weighted by Gasteiger charge is -2.37. The summed E-state index contributed by atoms with van der Waals surface area (Å²) < 4.78 is 4.56. The quantitative estimate of drug-likeness (QED) is 0.608. The number of para-hydroxylation sites is 1. The standard InChI is InChI=1S/C17H22N4O4/c1-25-15(22)11-14-16(23)21(17(24)18-14)12-19-7-9-20(10-8-19)13-5-3-2-4-6-13/h2-6,14H,7-12H2,1H3,(H,18,24)/t14-/m0/s1. The van der Waals surface area contributed by atoms with Crippen LogP contribution in [0.5, 0.6) is 0 Å². The van der Waals surface area contributed by atoms with E-state index in [1.165, 1.54) is 17.7 Å². The van der Waals surface area contributed by atoms with Gasteiger partial charge < -0.3 is 15.0 Å². The predicted octanol–water partition coefficient (Wildman–Crippen LogP) is 0.250. The van der Waals surface area contributed by atoms with Gasteiger partial charge in [-0.15, -0.1) is 0 Å². The molecule has 0 radical (unpaired) electrons. The van der Waals surface area contributed by atoms with E-state index in [1.807, 2.05) is 18.2 Å². The molecule has 2 aliphatic heterocycles. The molecule has 2 aliphatic rings. The number of piperazine rings is 1. The minimum atomic E-state index is -0.828. The van der Waals surface area contributed by atoms with Gasteiger partial charge in [0.1, 0.15) is 6.04 Å². The van der Waals surface area contributed by atoms with Crippen molar-refractivity contribution < 1.29 is 19.1 Å². The van der Waals surface area contributed by atoms with Crippen LogP contribution in [0.4, 0.5) is 10.5 Å². The van der Waals surface area contributed by atoms with Crippen molar-refractivity contribution in [3.05, 3.63) is 30.3 Å². The van der Waals surface area contributed by atoms with Gasteiger partial charge in [0.2, 0.25) is 0 Å². The minimum absolute atomic E-state index is 0.140. The molecule has 8 nitrogen and oxygen atoms in total. The highest BCUT2D eigenvalue weighted by Crippen LogP contribution is 2.17. The number of ether oxygens (including phenoxy) is 1. The highest BCUT2D eigenvalue weighted by Gasteiger charge is 2.40. The molecule has 1 aromatic carbocycles. The summed E-state index contributed by atoms with van der Waals surface area (Å²) in [5, 5.41) is 2.54. The van der Waals surface area contributed by atoms with Crippen molar-refractivity contribution in [2.45, 2.75) is 12.5 Å². The van der Waals surface area contributed by atoms with Crippen LogP contribution in [0.3, 0.4) is 0 Å². The van der Waals surface area contributed by atoms with Crippen LogP contribution in [-0.4, -0.2) is 73.7 Å². The number of nitrogens with one attached hydrogen (secondary N) is 1. The smallest absolute Gasteiger partial charge is 0.325 e. The minimum Gasteiger partial charge on any atom is -0.469 e. The molecule has 2 fully saturated rings. The summed E-state index contributed by atoms with van der Waals surface area (Å²) in [6.45, 7) is 3.42. The molecule has 1 aromatic rings. The normalized spacial score (nSPS) is 21.4. The fraction of sp³-hybridized carbons (Fsp3) is 0.471. The second-order valence-corrected chi connectivity index (χ2v) is 6.13. The molecule has 3 rings (SSSR count). The number of imide groups is 1. The molecule has 0 unspecified atom stereocenters. The van der Waals surface area contributed by atoms with Crippen LogP contribution in [-0.2, 0) is 14.3 Å². The Balaban J connectivity index is 1.52. The molecule has 1 N–H and O–H groups in total. The number of methoxy groups -OCH3 is 1. The van der Waals surface area contributed by atoms with Gasteiger partial charge in [-0.05, 0) is 12.1 Å². The van der Waals surface area contributed by atoms with E-state index in [0.29, 0.717) is 0 Å². The number of benzene rings is 1. The van der Waals surface area contributed by atoms with E-state index in [-0.39, 0.29) is 19.0 Å². The third-order valence-electron chi connectivity index (χ3n) is 4.54. The van der Waals surface area contributed by atoms with Gasteiger partial charge >= 0.3 is 12.0 Å². The largest absolute Gasteiger partial charge is 0.469 e. The summed E-state index contributed by atoms with van der Waals surface area (Å²) in [7, 11) is 1.26. The van der Waals surface area contributed by atoms with Crippen molar-refractivity contribution in [1.82, 2.24) is 15.1 Å². The van der Waals surface area contributed by atoms with Gasteiger partial charge in [0, 0.05) is 31.9 Å². The maximum Gasteiger partial charge on any atom is 0.325 e. The van der Waals surface area contributed by atoms with Gasteiger partial charge in [0.15, 0.2) is 0 Å². The van der Waals surface area contributed by atoms with Crippen LogP contribution in [0.25, 0.3) is 0 Å². The van der Waals surface area contributed by atoms with E-state index in [0.717, 1.165) is 26.2 Å². The zero-order valence-electron chi connectivity index (χ0n) is 14.2. The topological polar surface area (TPSA) is 82.2 Å². The number of hydrogen-bond acceptors (Lipinski definition) is 6. The Morgan fingerprint density at radius 2 is 1.84 bits per heavy atom. The number of anilines is 1. The van der Waals surface area contributed by atoms with Crippen LogP contribution in [0.1, 0.15) is 6.42 Å². The van der Waals surface area contributed by atoms with Crippen LogP contribution in [0.15, 0.2) is 30.3 Å². The first-order valence-electron chi connectivity index (χ1n) is 8.29. The van der Waals surface area contributed by atoms with Crippen LogP contribution < -0.4 is 10.2 Å². The molecular formula is C17H22N4O4. The Morgan fingerprint density at radius 1 is 1.16 bits per heavy atom. The molecule has 1 atom stereocenters. The molecule has 2 saturated heterocycles. The van der Waals surface area contributed by atoms with Crippen molar-refractivity contribution in [1.29, 1.82) is 0 Å². The van der Waals surface area contributed by atoms with E-state index >= 15 is 0 Å². The Labute approximate surface area is 146 Å². The summed E-state index contributed by atoms with van der Waals surface area (Å²) in [6.07, 6.45) is -0.140. The summed E-state index contributed by atoms with van der Waals surface area (Å²) in [6, 6.07) is 8.87. The maximum atomic E-state index is 12.3. The maximum absolute atomic E-state index is 12.3. The Bertz CT molecular complexity index is 643. The molecule has 134 valence electrons. The number of amides is 3. The van der Waals surface area contributed by atoms with Gasteiger partial charge in [-0.2, -0.15) is 0 Å². The molecule has 25 heavy (non-hydrogen) atoms. The molecule has 3 amide bonds. The zero-order valence-corrected chi connectivity index (χ0v) is 14.2. The van der Waals surface area contributed by atoms with E-state index in [1.54, 1.807) is 0 Å². The van der Waals surface area contributed by atoms with Crippen LogP contribution >= 0.6 is 0 Å². The van der Waals surface area contributed by atoms with Gasteiger partial charge in [-0.3, -0.25) is 14.5 Å². The van der Waals surface area contributed by atoms with Crippen molar-refractivity contribution in [2.75, 3.05) is 44.9 Å². The molecule has 0 saturated carbocycles. The van der Waals surface area contributed by atoms with Gasteiger partial charge in [-0.1, -0.05) is 18.2 Å². The first-order valence-corrected chi connectivity index (χ1v) is 8.29. The molecular weight excluding hydrogens is 324 g/mol. The Kier molecular flexibility index (Phi) is 5.18. The average molecular weight is 346 g/mol. The summed E-state index contributed by atoms with van der Waals surface area (Å²) in [4.78, 5) is 41.2. The van der Waals surface area contributed by atoms with Crippen molar-refractivity contribution in [3.63, 3.8) is 0 Å². The summed E-state index contributed by atoms with van der Waals surface area (Å²) in [5.41, 5.74) is 1.18. The second kappa shape index (κ2) is 7.52. The number of esters is 1. The first kappa shape index (κ1) is 17.2. The molecule has 0 aromatic heterocycles. The van der Waals surface area contributed by atoms with Crippen molar-refractivity contribution in [2.24, 2.45) is 0 Å². The lowest BCUT2D eigenvalue weighted by atomic mass is 10.2. The van der Waals surface area contributed by atoms with Gasteiger partial charge in [-0.25, -0.2) is 9.69 Å². The fourth-order valence-electron chi connectivity index (χ4n) is 3.09. The number of nitrogens with zero attached hydrogens (tertiary/aromatic N) is 3. The summed E-state index contributed by atoms with van der Waals surface area (Å²) in [5.74, 6) is -0.891. The van der Waals surface area contributed by atoms with Crippen molar-refractivity contribution >= 4 is 23.6 Å². The molecule has 0 aliphatic carbocycles. The van der Waals surface area contributed by atoms with Crippen molar-refractivity contribution in [3.8, 4) is 0 Å². The van der Waals surface area contributed by atoms with E-state index in [2.05, 4.69) is 32.0 Å². The summed E-state index contributed by atoms with van der Waals surface area (Å²) >= 11 is 0. The number of hydrogen-bond donors (Lipinski definition) is 1. The SMILES string of the molecule is COC(=O)C[C@@H]1NC(=O)N(CN2CCN(c3ccccc3)CC2)C1=O. The number of urea groups is 1. The Hall–Kier alpha value is -2.61. The highest BCUT2D eigenvalue weighted by atomic mass is 16.5. The molecule has 0 spiro atoms. The molecule has 8 heteroatoms. The average Bonchev–Trinajstić information content (AvgIpc) is 2.90. The number of carbonyl (C=O) groups excluding carboxylic acids is 3. The third-order valence-corrected chi connectivity index (χ3v) is 4.54. The monoisotopic (exact) mass is 346 g/mol. The second-order valence-electron chi connectivity index (χ2n) is 6.13. The molecule has 0 bridgehead atoms. The zero-order chi connectivity index (χ0) is 17.8. The number of carbonyl (C=O) groups is 3. The fourth-order valence-corrected chi connectivity index (χ4v) is 3.09. The first-order chi connectivity index (χ1) is 12.1. The van der Waals surface area contributed by atoms with E-state index in [9.17, 15) is 14.4 Å². The number of rotatable bonds is 5. The Morgan fingerprint density at radius 3 is 2.48 bits per heavy atom. The lowest BCUT2D eigenvalue weighted by molar-refractivity contribution is -0.143. The van der Waals surface area contributed by atoms with Crippen LogP contribution in [0, 0.1) is 0 Å². The van der Waals surface area contributed by atoms with Gasteiger partial charge in [0.25, 0.3) is 5.91 Å². The van der Waals surface area contributed by atoms with E-state index in [4.69, 9.17) is 0 Å². The predicted molar refractivity (Wildman–Crippen MR) is 90.9 cm³/mol. The van der Waals surface area contributed by atoms with Gasteiger partial charge in [0.05, 0.1) is 20.2 Å². The van der Waals surface area contributed by atoms with Crippen LogP contribution in [0.2, 0.25) is 0 Å². The third kappa shape index (κ3) is 3.90. The molecule has 2 heterocycles.